The number of hydrogen-bond acceptors (Lipinski definition) is 2. The molecule has 0 saturated heterocycles. The predicted molar refractivity (Wildman–Crippen MR) is 66.4 cm³/mol. The third-order valence-corrected chi connectivity index (χ3v) is 2.96. The highest BCUT2D eigenvalue weighted by Crippen LogP contribution is 2.33. The second kappa shape index (κ2) is 6.08. The van der Waals surface area contributed by atoms with E-state index in [0.29, 0.717) is 6.42 Å². The molecule has 1 atom stereocenters. The minimum Gasteiger partial charge on any atom is -0.496 e. The zero-order chi connectivity index (χ0) is 14.6. The summed E-state index contributed by atoms with van der Waals surface area (Å²) in [6.45, 7) is 3.64. The molecule has 1 aromatic carbocycles. The third-order valence-electron chi connectivity index (χ3n) is 2.96. The topological polar surface area (TPSA) is 26.3 Å². The van der Waals surface area contributed by atoms with Crippen molar-refractivity contribution in [1.29, 1.82) is 0 Å². The van der Waals surface area contributed by atoms with Crippen LogP contribution in [0.1, 0.15) is 42.6 Å². The summed E-state index contributed by atoms with van der Waals surface area (Å²) in [6.07, 6.45) is -3.03. The maximum atomic E-state index is 12.7. The van der Waals surface area contributed by atoms with Crippen molar-refractivity contribution in [2.75, 3.05) is 7.11 Å². The van der Waals surface area contributed by atoms with Gasteiger partial charge < -0.3 is 4.74 Å². The molecule has 0 radical (unpaired) electrons. The van der Waals surface area contributed by atoms with Crippen LogP contribution in [0.5, 0.6) is 5.75 Å². The van der Waals surface area contributed by atoms with Gasteiger partial charge in [-0.1, -0.05) is 20.3 Å². The Morgan fingerprint density at radius 3 is 2.47 bits per heavy atom. The average Bonchev–Trinajstić information content (AvgIpc) is 2.36. The van der Waals surface area contributed by atoms with Gasteiger partial charge in [0.05, 0.1) is 18.2 Å². The summed E-state index contributed by atoms with van der Waals surface area (Å²) in [5.41, 5.74) is -0.835. The summed E-state index contributed by atoms with van der Waals surface area (Å²) >= 11 is 0. The molecular formula is C14H17F3O2. The van der Waals surface area contributed by atoms with Crippen LogP contribution in [0, 0.1) is 5.92 Å². The molecule has 0 saturated carbocycles. The number of Topliss-reactive ketones (excluding diaryl/α,β-unsaturated/α-hetero) is 1. The first-order chi connectivity index (χ1) is 8.81. The summed E-state index contributed by atoms with van der Waals surface area (Å²) in [6, 6.07) is 2.97. The maximum Gasteiger partial charge on any atom is 0.416 e. The van der Waals surface area contributed by atoms with Crippen molar-refractivity contribution in [2.24, 2.45) is 5.92 Å². The normalized spacial score (nSPS) is 13.2. The molecule has 5 heteroatoms. The van der Waals surface area contributed by atoms with Gasteiger partial charge in [0.25, 0.3) is 0 Å². The Morgan fingerprint density at radius 2 is 2.00 bits per heavy atom. The summed E-state index contributed by atoms with van der Waals surface area (Å²) in [5, 5.41) is 0. The molecule has 2 nitrogen and oxygen atoms in total. The van der Waals surface area contributed by atoms with Crippen LogP contribution in [0.4, 0.5) is 13.2 Å². The first-order valence-corrected chi connectivity index (χ1v) is 6.10. The maximum absolute atomic E-state index is 12.7. The summed E-state index contributed by atoms with van der Waals surface area (Å²) in [4.78, 5) is 12.1. The SMILES string of the molecule is CCCC(C)C(=O)c1cc(C(F)(F)F)ccc1OC. The molecular weight excluding hydrogens is 257 g/mol. The molecule has 1 unspecified atom stereocenters. The van der Waals surface area contributed by atoms with Gasteiger partial charge in [-0.25, -0.2) is 0 Å². The largest absolute Gasteiger partial charge is 0.496 e. The summed E-state index contributed by atoms with van der Waals surface area (Å²) in [5.74, 6) is -0.451. The van der Waals surface area contributed by atoms with E-state index in [2.05, 4.69) is 0 Å². The van der Waals surface area contributed by atoms with Crippen LogP contribution in [0.2, 0.25) is 0 Å². The molecule has 0 N–H and O–H groups in total. The zero-order valence-corrected chi connectivity index (χ0v) is 11.2. The van der Waals surface area contributed by atoms with Gasteiger partial charge in [-0.3, -0.25) is 4.79 Å². The minimum absolute atomic E-state index is 0.00160. The molecule has 0 fully saturated rings. The van der Waals surface area contributed by atoms with Crippen molar-refractivity contribution < 1.29 is 22.7 Å². The van der Waals surface area contributed by atoms with E-state index in [0.717, 1.165) is 18.6 Å². The fourth-order valence-corrected chi connectivity index (χ4v) is 1.91. The molecule has 0 aliphatic rings. The van der Waals surface area contributed by atoms with E-state index in [-0.39, 0.29) is 23.0 Å². The van der Waals surface area contributed by atoms with Gasteiger partial charge in [0, 0.05) is 5.92 Å². The van der Waals surface area contributed by atoms with Crippen LogP contribution < -0.4 is 4.74 Å². The monoisotopic (exact) mass is 274 g/mol. The van der Waals surface area contributed by atoms with Gasteiger partial charge in [-0.05, 0) is 24.6 Å². The lowest BCUT2D eigenvalue weighted by Gasteiger charge is -2.15. The Kier molecular flexibility index (Phi) is 4.97. The number of ether oxygens (including phenoxy) is 1. The Hall–Kier alpha value is -1.52. The molecule has 106 valence electrons. The first-order valence-electron chi connectivity index (χ1n) is 6.10. The standard InChI is InChI=1S/C14H17F3O2/c1-4-5-9(2)13(18)11-8-10(14(15,16)17)6-7-12(11)19-3/h6-9H,4-5H2,1-3H3. The van der Waals surface area contributed by atoms with Gasteiger partial charge >= 0.3 is 6.18 Å². The Bertz CT molecular complexity index is 452. The van der Waals surface area contributed by atoms with E-state index in [1.54, 1.807) is 6.92 Å². The summed E-state index contributed by atoms with van der Waals surface area (Å²) < 4.78 is 43.0. The molecule has 1 aromatic rings. The third kappa shape index (κ3) is 3.72. The van der Waals surface area contributed by atoms with Crippen LogP contribution in [0.25, 0.3) is 0 Å². The number of ketones is 1. The average molecular weight is 274 g/mol. The number of benzene rings is 1. The molecule has 0 aliphatic carbocycles. The van der Waals surface area contributed by atoms with Crippen LogP contribution in [0.3, 0.4) is 0 Å². The molecule has 1 rings (SSSR count). The highest BCUT2D eigenvalue weighted by molar-refractivity contribution is 6.00. The number of alkyl halides is 3. The predicted octanol–water partition coefficient (Wildman–Crippen LogP) is 4.33. The quantitative estimate of drug-likeness (QED) is 0.747. The molecule has 0 aromatic heterocycles. The molecule has 0 amide bonds. The number of halogens is 3. The van der Waals surface area contributed by atoms with Crippen LogP contribution in [0.15, 0.2) is 18.2 Å². The minimum atomic E-state index is -4.46. The van der Waals surface area contributed by atoms with Gasteiger partial charge in [0.2, 0.25) is 0 Å². The smallest absolute Gasteiger partial charge is 0.416 e. The molecule has 0 bridgehead atoms. The van der Waals surface area contributed by atoms with Crippen LogP contribution in [-0.2, 0) is 6.18 Å². The Balaban J connectivity index is 3.20. The lowest BCUT2D eigenvalue weighted by molar-refractivity contribution is -0.137. The van der Waals surface area contributed by atoms with Crippen LogP contribution in [-0.4, -0.2) is 12.9 Å². The van der Waals surface area contributed by atoms with E-state index in [9.17, 15) is 18.0 Å². The number of methoxy groups -OCH3 is 1. The number of hydrogen-bond donors (Lipinski definition) is 0. The first kappa shape index (κ1) is 15.5. The fourth-order valence-electron chi connectivity index (χ4n) is 1.91. The van der Waals surface area contributed by atoms with Crippen molar-refractivity contribution in [2.45, 2.75) is 32.9 Å². The van der Waals surface area contributed by atoms with Gasteiger partial charge in [0.1, 0.15) is 5.75 Å². The summed E-state index contributed by atoms with van der Waals surface area (Å²) in [7, 11) is 1.34. The Labute approximate surface area is 110 Å². The zero-order valence-electron chi connectivity index (χ0n) is 11.2. The fraction of sp³-hybridized carbons (Fsp3) is 0.500. The van der Waals surface area contributed by atoms with Gasteiger partial charge in [-0.2, -0.15) is 13.2 Å². The van der Waals surface area contributed by atoms with E-state index in [1.807, 2.05) is 6.92 Å². The molecule has 0 aliphatic heterocycles. The van der Waals surface area contributed by atoms with E-state index in [4.69, 9.17) is 4.74 Å². The van der Waals surface area contributed by atoms with Crippen molar-refractivity contribution in [3.8, 4) is 5.75 Å². The van der Waals surface area contributed by atoms with E-state index in [1.165, 1.54) is 13.2 Å². The van der Waals surface area contributed by atoms with Crippen molar-refractivity contribution in [3.05, 3.63) is 29.3 Å². The molecule has 19 heavy (non-hydrogen) atoms. The highest BCUT2D eigenvalue weighted by atomic mass is 19.4. The highest BCUT2D eigenvalue weighted by Gasteiger charge is 2.32. The van der Waals surface area contributed by atoms with Crippen molar-refractivity contribution >= 4 is 5.78 Å². The number of rotatable bonds is 5. The van der Waals surface area contributed by atoms with E-state index >= 15 is 0 Å². The van der Waals surface area contributed by atoms with E-state index < -0.39 is 11.7 Å². The van der Waals surface area contributed by atoms with Crippen LogP contribution >= 0.6 is 0 Å². The number of carbonyl (C=O) groups excluding carboxylic acids is 1. The van der Waals surface area contributed by atoms with Gasteiger partial charge in [0.15, 0.2) is 5.78 Å². The molecule has 0 heterocycles. The molecule has 0 spiro atoms. The van der Waals surface area contributed by atoms with Crippen molar-refractivity contribution in [3.63, 3.8) is 0 Å². The number of carbonyl (C=O) groups is 1. The van der Waals surface area contributed by atoms with Crippen molar-refractivity contribution in [1.82, 2.24) is 0 Å². The lowest BCUT2D eigenvalue weighted by Crippen LogP contribution is -2.14. The second-order valence-corrected chi connectivity index (χ2v) is 4.47. The lowest BCUT2D eigenvalue weighted by atomic mass is 9.93. The van der Waals surface area contributed by atoms with Gasteiger partial charge in [-0.15, -0.1) is 0 Å². The Morgan fingerprint density at radius 1 is 1.37 bits per heavy atom. The second-order valence-electron chi connectivity index (χ2n) is 4.47.